The number of fused-ring (bicyclic) bond motifs is 1. The molecule has 20 heavy (non-hydrogen) atoms. The lowest BCUT2D eigenvalue weighted by Crippen LogP contribution is -2.18. The van der Waals surface area contributed by atoms with Gasteiger partial charge in [-0.25, -0.2) is 9.37 Å². The number of hydrogen-bond acceptors (Lipinski definition) is 4. The Labute approximate surface area is 118 Å². The summed E-state index contributed by atoms with van der Waals surface area (Å²) in [5.41, 5.74) is 1.59. The Bertz CT molecular complexity index is 779. The van der Waals surface area contributed by atoms with Crippen LogP contribution in [0.25, 0.3) is 10.2 Å². The van der Waals surface area contributed by atoms with Crippen LogP contribution in [-0.4, -0.2) is 9.97 Å². The van der Waals surface area contributed by atoms with E-state index in [9.17, 15) is 9.18 Å². The SMILES string of the molecule is O=c1[nH]c(CNCc2ccc(F)cc2)nc2ccsc12. The normalized spacial score (nSPS) is 11.1. The van der Waals surface area contributed by atoms with Crippen LogP contribution in [0.1, 0.15) is 11.4 Å². The molecule has 2 heterocycles. The molecule has 0 amide bonds. The van der Waals surface area contributed by atoms with Crippen LogP contribution in [0.4, 0.5) is 4.39 Å². The molecule has 0 bridgehead atoms. The van der Waals surface area contributed by atoms with E-state index in [1.807, 2.05) is 11.4 Å². The van der Waals surface area contributed by atoms with Gasteiger partial charge in [0, 0.05) is 6.54 Å². The number of nitrogens with zero attached hydrogens (tertiary/aromatic N) is 1. The molecule has 0 aliphatic heterocycles. The van der Waals surface area contributed by atoms with Crippen molar-refractivity contribution >= 4 is 21.6 Å². The number of halogens is 1. The third-order valence-corrected chi connectivity index (χ3v) is 3.80. The molecule has 0 saturated heterocycles. The molecule has 6 heteroatoms. The predicted molar refractivity (Wildman–Crippen MR) is 77.2 cm³/mol. The smallest absolute Gasteiger partial charge is 0.268 e. The molecular weight excluding hydrogens is 277 g/mol. The van der Waals surface area contributed by atoms with Crippen molar-refractivity contribution in [2.75, 3.05) is 0 Å². The van der Waals surface area contributed by atoms with Crippen molar-refractivity contribution in [1.82, 2.24) is 15.3 Å². The third-order valence-electron chi connectivity index (χ3n) is 2.90. The molecule has 0 atom stereocenters. The molecular formula is C14H12FN3OS. The summed E-state index contributed by atoms with van der Waals surface area (Å²) in [6.07, 6.45) is 0. The van der Waals surface area contributed by atoms with E-state index in [-0.39, 0.29) is 11.4 Å². The van der Waals surface area contributed by atoms with Crippen LogP contribution in [0.5, 0.6) is 0 Å². The van der Waals surface area contributed by atoms with Gasteiger partial charge in [-0.2, -0.15) is 0 Å². The summed E-state index contributed by atoms with van der Waals surface area (Å²) in [7, 11) is 0. The Morgan fingerprint density at radius 2 is 2.00 bits per heavy atom. The van der Waals surface area contributed by atoms with E-state index in [2.05, 4.69) is 15.3 Å². The van der Waals surface area contributed by atoms with Crippen molar-refractivity contribution in [2.24, 2.45) is 0 Å². The first kappa shape index (κ1) is 13.0. The summed E-state index contributed by atoms with van der Waals surface area (Å²) in [5.74, 6) is 0.352. The zero-order valence-corrected chi connectivity index (χ0v) is 11.3. The Morgan fingerprint density at radius 1 is 1.20 bits per heavy atom. The van der Waals surface area contributed by atoms with Crippen LogP contribution >= 0.6 is 11.3 Å². The highest BCUT2D eigenvalue weighted by Crippen LogP contribution is 2.13. The standard InChI is InChI=1S/C14H12FN3OS/c15-10-3-1-9(2-4-10)7-16-8-12-17-11-5-6-20-13(11)14(19)18-12/h1-6,16H,7-8H2,(H,17,18,19). The molecule has 1 aromatic carbocycles. The Hall–Kier alpha value is -2.05. The van der Waals surface area contributed by atoms with Gasteiger partial charge in [0.1, 0.15) is 16.3 Å². The van der Waals surface area contributed by atoms with Crippen LogP contribution in [0.15, 0.2) is 40.5 Å². The van der Waals surface area contributed by atoms with Crippen LogP contribution in [0.3, 0.4) is 0 Å². The molecule has 0 unspecified atom stereocenters. The molecule has 2 aromatic heterocycles. The van der Waals surface area contributed by atoms with Crippen molar-refractivity contribution in [3.8, 4) is 0 Å². The zero-order valence-electron chi connectivity index (χ0n) is 10.5. The lowest BCUT2D eigenvalue weighted by atomic mass is 10.2. The van der Waals surface area contributed by atoms with Crippen molar-refractivity contribution in [3.05, 3.63) is 63.3 Å². The second kappa shape index (κ2) is 5.52. The fourth-order valence-electron chi connectivity index (χ4n) is 1.93. The highest BCUT2D eigenvalue weighted by Gasteiger charge is 2.04. The van der Waals surface area contributed by atoms with Gasteiger partial charge in [-0.15, -0.1) is 11.3 Å². The third kappa shape index (κ3) is 2.76. The average molecular weight is 289 g/mol. The summed E-state index contributed by atoms with van der Waals surface area (Å²) < 4.78 is 13.4. The number of benzene rings is 1. The predicted octanol–water partition coefficient (Wildman–Crippen LogP) is 2.41. The number of aromatic nitrogens is 2. The van der Waals surface area contributed by atoms with Gasteiger partial charge < -0.3 is 10.3 Å². The van der Waals surface area contributed by atoms with Crippen molar-refractivity contribution in [1.29, 1.82) is 0 Å². The molecule has 0 saturated carbocycles. The molecule has 0 aliphatic carbocycles. The van der Waals surface area contributed by atoms with E-state index < -0.39 is 0 Å². The zero-order chi connectivity index (χ0) is 13.9. The van der Waals surface area contributed by atoms with Crippen molar-refractivity contribution in [2.45, 2.75) is 13.1 Å². The van der Waals surface area contributed by atoms with Gasteiger partial charge in [0.15, 0.2) is 0 Å². The summed E-state index contributed by atoms with van der Waals surface area (Å²) in [5, 5.41) is 5.02. The van der Waals surface area contributed by atoms with Gasteiger partial charge in [-0.3, -0.25) is 4.79 Å². The fourth-order valence-corrected chi connectivity index (χ4v) is 2.66. The minimum absolute atomic E-state index is 0.108. The quantitative estimate of drug-likeness (QED) is 0.775. The van der Waals surface area contributed by atoms with E-state index in [1.165, 1.54) is 23.5 Å². The molecule has 0 spiro atoms. The van der Waals surface area contributed by atoms with Gasteiger partial charge in [-0.05, 0) is 29.1 Å². The van der Waals surface area contributed by atoms with Crippen LogP contribution < -0.4 is 10.9 Å². The number of H-pyrrole nitrogens is 1. The van der Waals surface area contributed by atoms with Crippen molar-refractivity contribution < 1.29 is 4.39 Å². The van der Waals surface area contributed by atoms with E-state index in [0.717, 1.165) is 11.1 Å². The number of hydrogen-bond donors (Lipinski definition) is 2. The molecule has 102 valence electrons. The molecule has 0 fully saturated rings. The molecule has 3 aromatic rings. The first-order valence-corrected chi connectivity index (χ1v) is 7.02. The Kier molecular flexibility index (Phi) is 3.58. The topological polar surface area (TPSA) is 57.8 Å². The van der Waals surface area contributed by atoms with E-state index in [4.69, 9.17) is 0 Å². The number of nitrogens with one attached hydrogen (secondary N) is 2. The summed E-state index contributed by atoms with van der Waals surface area (Å²) in [6.45, 7) is 1.05. The van der Waals surface area contributed by atoms with Gasteiger partial charge in [-0.1, -0.05) is 12.1 Å². The first-order valence-electron chi connectivity index (χ1n) is 6.14. The summed E-state index contributed by atoms with van der Waals surface area (Å²) in [6, 6.07) is 8.13. The molecule has 3 rings (SSSR count). The lowest BCUT2D eigenvalue weighted by molar-refractivity contribution is 0.623. The number of aromatic amines is 1. The number of rotatable bonds is 4. The maximum absolute atomic E-state index is 12.8. The maximum atomic E-state index is 12.8. The minimum Gasteiger partial charge on any atom is -0.308 e. The maximum Gasteiger partial charge on any atom is 0.268 e. The van der Waals surface area contributed by atoms with Gasteiger partial charge in [0.05, 0.1) is 12.1 Å². The summed E-state index contributed by atoms with van der Waals surface area (Å²) >= 11 is 1.38. The Balaban J connectivity index is 1.67. The van der Waals surface area contributed by atoms with Crippen LogP contribution in [0, 0.1) is 5.82 Å². The summed E-state index contributed by atoms with van der Waals surface area (Å²) in [4.78, 5) is 18.9. The van der Waals surface area contributed by atoms with Gasteiger partial charge in [0.2, 0.25) is 0 Å². The first-order chi connectivity index (χ1) is 9.72. The molecule has 0 aliphatic rings. The van der Waals surface area contributed by atoms with E-state index in [0.29, 0.717) is 23.6 Å². The van der Waals surface area contributed by atoms with Crippen LogP contribution in [-0.2, 0) is 13.1 Å². The van der Waals surface area contributed by atoms with Gasteiger partial charge >= 0.3 is 0 Å². The van der Waals surface area contributed by atoms with E-state index in [1.54, 1.807) is 12.1 Å². The molecule has 4 nitrogen and oxygen atoms in total. The minimum atomic E-state index is -0.248. The fraction of sp³-hybridized carbons (Fsp3) is 0.143. The highest BCUT2D eigenvalue weighted by molar-refractivity contribution is 7.17. The van der Waals surface area contributed by atoms with Crippen LogP contribution in [0.2, 0.25) is 0 Å². The second-order valence-electron chi connectivity index (χ2n) is 4.38. The lowest BCUT2D eigenvalue weighted by Gasteiger charge is -2.04. The van der Waals surface area contributed by atoms with E-state index >= 15 is 0 Å². The van der Waals surface area contributed by atoms with Gasteiger partial charge in [0.25, 0.3) is 5.56 Å². The average Bonchev–Trinajstić information content (AvgIpc) is 2.90. The molecule has 0 radical (unpaired) electrons. The van der Waals surface area contributed by atoms with Crippen molar-refractivity contribution in [3.63, 3.8) is 0 Å². The second-order valence-corrected chi connectivity index (χ2v) is 5.29. The number of thiophene rings is 1. The monoisotopic (exact) mass is 289 g/mol. The Morgan fingerprint density at radius 3 is 2.80 bits per heavy atom. The highest BCUT2D eigenvalue weighted by atomic mass is 32.1. The molecule has 2 N–H and O–H groups in total. The largest absolute Gasteiger partial charge is 0.308 e.